The first-order valence-electron chi connectivity index (χ1n) is 7.14. The van der Waals surface area contributed by atoms with Crippen molar-refractivity contribution in [3.8, 4) is 0 Å². The van der Waals surface area contributed by atoms with E-state index in [0.717, 1.165) is 50.2 Å². The molecule has 1 amide bonds. The predicted molar refractivity (Wildman–Crippen MR) is 75.2 cm³/mol. The molecule has 1 N–H and O–H groups in total. The van der Waals surface area contributed by atoms with Crippen LogP contribution >= 0.6 is 0 Å². The highest BCUT2D eigenvalue weighted by atomic mass is 16.2. The molecule has 0 spiro atoms. The van der Waals surface area contributed by atoms with Crippen LogP contribution in [0.1, 0.15) is 42.2 Å². The fraction of sp³-hybridized carbons (Fsp3) is 0.714. The fourth-order valence-corrected chi connectivity index (χ4v) is 2.66. The molecule has 2 rings (SSSR count). The zero-order chi connectivity index (χ0) is 13.8. The van der Waals surface area contributed by atoms with Crippen LogP contribution in [-0.2, 0) is 7.05 Å². The third-order valence-electron chi connectivity index (χ3n) is 3.64. The lowest BCUT2D eigenvalue weighted by molar-refractivity contribution is 0.0694. The molecule has 5 heteroatoms. The lowest BCUT2D eigenvalue weighted by Crippen LogP contribution is -2.48. The minimum atomic E-state index is 0.119. The van der Waals surface area contributed by atoms with Crippen LogP contribution in [0, 0.1) is 6.92 Å². The number of carbonyl (C=O) groups is 1. The summed E-state index contributed by atoms with van der Waals surface area (Å²) in [6.07, 6.45) is 5.19. The second kappa shape index (κ2) is 6.19. The quantitative estimate of drug-likeness (QED) is 0.892. The van der Waals surface area contributed by atoms with Gasteiger partial charge in [-0.05, 0) is 32.7 Å². The molecule has 1 saturated heterocycles. The van der Waals surface area contributed by atoms with Gasteiger partial charge in [0.05, 0.1) is 11.3 Å². The molecule has 1 aliphatic heterocycles. The number of hydrogen-bond acceptors (Lipinski definition) is 3. The topological polar surface area (TPSA) is 50.2 Å². The third kappa shape index (κ3) is 3.35. The Bertz CT molecular complexity index is 441. The van der Waals surface area contributed by atoms with Crippen molar-refractivity contribution in [2.24, 2.45) is 7.05 Å². The summed E-state index contributed by atoms with van der Waals surface area (Å²) >= 11 is 0. The third-order valence-corrected chi connectivity index (χ3v) is 3.64. The number of nitrogens with zero attached hydrogens (tertiary/aromatic N) is 3. The van der Waals surface area contributed by atoms with Crippen LogP contribution in [0.5, 0.6) is 0 Å². The predicted octanol–water partition coefficient (Wildman–Crippen LogP) is 1.33. The molecule has 1 aliphatic rings. The molecule has 106 valence electrons. The number of aryl methyl sites for hydroxylation is 2. The first-order chi connectivity index (χ1) is 9.11. The first-order valence-corrected chi connectivity index (χ1v) is 7.14. The van der Waals surface area contributed by atoms with Gasteiger partial charge in [-0.25, -0.2) is 0 Å². The molecule has 0 bridgehead atoms. The van der Waals surface area contributed by atoms with Crippen molar-refractivity contribution < 1.29 is 4.79 Å². The number of hydrogen-bond donors (Lipinski definition) is 1. The van der Waals surface area contributed by atoms with Crippen molar-refractivity contribution >= 4 is 5.91 Å². The zero-order valence-electron chi connectivity index (χ0n) is 12.1. The minimum absolute atomic E-state index is 0.119. The van der Waals surface area contributed by atoms with Crippen LogP contribution in [0.3, 0.4) is 0 Å². The molecule has 0 aliphatic carbocycles. The Labute approximate surface area is 115 Å². The van der Waals surface area contributed by atoms with E-state index in [4.69, 9.17) is 0 Å². The van der Waals surface area contributed by atoms with E-state index in [9.17, 15) is 4.79 Å². The highest BCUT2D eigenvalue weighted by molar-refractivity contribution is 5.95. The largest absolute Gasteiger partial charge is 0.337 e. The summed E-state index contributed by atoms with van der Waals surface area (Å²) in [7, 11) is 1.85. The molecule has 0 radical (unpaired) electrons. The van der Waals surface area contributed by atoms with Gasteiger partial charge in [0.1, 0.15) is 0 Å². The number of carbonyl (C=O) groups excluding carboxylic acids is 1. The van der Waals surface area contributed by atoms with E-state index in [2.05, 4.69) is 17.3 Å². The molecule has 1 aromatic rings. The summed E-state index contributed by atoms with van der Waals surface area (Å²) in [6.45, 7) is 6.75. The van der Waals surface area contributed by atoms with Crippen molar-refractivity contribution in [3.63, 3.8) is 0 Å². The van der Waals surface area contributed by atoms with Crippen LogP contribution in [0.2, 0.25) is 0 Å². The van der Waals surface area contributed by atoms with E-state index >= 15 is 0 Å². The molecule has 1 unspecified atom stereocenters. The summed E-state index contributed by atoms with van der Waals surface area (Å²) in [5, 5.41) is 7.76. The average molecular weight is 264 g/mol. The fourth-order valence-electron chi connectivity index (χ4n) is 2.66. The van der Waals surface area contributed by atoms with Crippen LogP contribution in [0.25, 0.3) is 0 Å². The van der Waals surface area contributed by atoms with E-state index in [-0.39, 0.29) is 5.91 Å². The maximum absolute atomic E-state index is 12.5. The Morgan fingerprint density at radius 3 is 3.00 bits per heavy atom. The van der Waals surface area contributed by atoms with Crippen LogP contribution in [0.4, 0.5) is 0 Å². The summed E-state index contributed by atoms with van der Waals surface area (Å²) in [5.74, 6) is 0.119. The molecule has 1 atom stereocenters. The molecular formula is C14H24N4O. The van der Waals surface area contributed by atoms with Crippen molar-refractivity contribution in [1.29, 1.82) is 0 Å². The Kier molecular flexibility index (Phi) is 4.58. The first kappa shape index (κ1) is 14.1. The molecule has 19 heavy (non-hydrogen) atoms. The maximum atomic E-state index is 12.5. The molecule has 2 heterocycles. The highest BCUT2D eigenvalue weighted by Crippen LogP contribution is 2.15. The SMILES string of the molecule is CCCNC1CCCN(C(=O)c2cn(C)nc2C)C1. The number of likely N-dealkylation sites (tertiary alicyclic amines) is 1. The van der Waals surface area contributed by atoms with E-state index in [1.54, 1.807) is 4.68 Å². The number of piperidine rings is 1. The van der Waals surface area contributed by atoms with Gasteiger partial charge in [-0.15, -0.1) is 0 Å². The number of nitrogens with one attached hydrogen (secondary N) is 1. The monoisotopic (exact) mass is 264 g/mol. The van der Waals surface area contributed by atoms with E-state index in [1.807, 2.05) is 25.1 Å². The number of aromatic nitrogens is 2. The summed E-state index contributed by atoms with van der Waals surface area (Å²) in [6, 6.07) is 0.439. The Morgan fingerprint density at radius 1 is 1.58 bits per heavy atom. The van der Waals surface area contributed by atoms with Gasteiger partial charge in [-0.3, -0.25) is 9.48 Å². The Balaban J connectivity index is 2.01. The van der Waals surface area contributed by atoms with Crippen molar-refractivity contribution in [1.82, 2.24) is 20.0 Å². The standard InChI is InChI=1S/C14H24N4O/c1-4-7-15-12-6-5-8-18(9-12)14(19)13-10-17(3)16-11(13)2/h10,12,15H,4-9H2,1-3H3. The number of rotatable bonds is 4. The van der Waals surface area contributed by atoms with Crippen LogP contribution in [-0.4, -0.2) is 46.3 Å². The number of amides is 1. The van der Waals surface area contributed by atoms with E-state index in [0.29, 0.717) is 6.04 Å². The lowest BCUT2D eigenvalue weighted by atomic mass is 10.0. The minimum Gasteiger partial charge on any atom is -0.337 e. The van der Waals surface area contributed by atoms with Gasteiger partial charge in [0, 0.05) is 32.4 Å². The van der Waals surface area contributed by atoms with Gasteiger partial charge in [0.2, 0.25) is 0 Å². The average Bonchev–Trinajstić information content (AvgIpc) is 2.75. The van der Waals surface area contributed by atoms with Crippen LogP contribution < -0.4 is 5.32 Å². The second-order valence-corrected chi connectivity index (χ2v) is 5.35. The van der Waals surface area contributed by atoms with Gasteiger partial charge in [0.25, 0.3) is 5.91 Å². The second-order valence-electron chi connectivity index (χ2n) is 5.35. The molecule has 1 aromatic heterocycles. The van der Waals surface area contributed by atoms with E-state index in [1.165, 1.54) is 0 Å². The lowest BCUT2D eigenvalue weighted by Gasteiger charge is -2.33. The van der Waals surface area contributed by atoms with Crippen molar-refractivity contribution in [2.45, 2.75) is 39.2 Å². The molecule has 5 nitrogen and oxygen atoms in total. The smallest absolute Gasteiger partial charge is 0.257 e. The van der Waals surface area contributed by atoms with Gasteiger partial charge < -0.3 is 10.2 Å². The Morgan fingerprint density at radius 2 is 2.37 bits per heavy atom. The van der Waals surface area contributed by atoms with Gasteiger partial charge >= 0.3 is 0 Å². The maximum Gasteiger partial charge on any atom is 0.257 e. The van der Waals surface area contributed by atoms with Crippen molar-refractivity contribution in [3.05, 3.63) is 17.5 Å². The van der Waals surface area contributed by atoms with Crippen LogP contribution in [0.15, 0.2) is 6.20 Å². The van der Waals surface area contributed by atoms with Gasteiger partial charge in [-0.2, -0.15) is 5.10 Å². The van der Waals surface area contributed by atoms with E-state index < -0.39 is 0 Å². The molecular weight excluding hydrogens is 240 g/mol. The highest BCUT2D eigenvalue weighted by Gasteiger charge is 2.25. The summed E-state index contributed by atoms with van der Waals surface area (Å²) < 4.78 is 1.71. The summed E-state index contributed by atoms with van der Waals surface area (Å²) in [5.41, 5.74) is 1.55. The normalized spacial score (nSPS) is 19.7. The summed E-state index contributed by atoms with van der Waals surface area (Å²) in [4.78, 5) is 14.5. The van der Waals surface area contributed by atoms with Crippen molar-refractivity contribution in [2.75, 3.05) is 19.6 Å². The van der Waals surface area contributed by atoms with Gasteiger partial charge in [-0.1, -0.05) is 6.92 Å². The molecule has 0 saturated carbocycles. The molecule has 0 aromatic carbocycles. The van der Waals surface area contributed by atoms with Gasteiger partial charge in [0.15, 0.2) is 0 Å². The zero-order valence-corrected chi connectivity index (χ0v) is 12.1. The molecule has 1 fully saturated rings. The Hall–Kier alpha value is -1.36.